The summed E-state index contributed by atoms with van der Waals surface area (Å²) in [6.07, 6.45) is 0.663. The summed E-state index contributed by atoms with van der Waals surface area (Å²) in [7, 11) is 1.60. The van der Waals surface area contributed by atoms with E-state index in [2.05, 4.69) is 19.2 Å². The van der Waals surface area contributed by atoms with E-state index >= 15 is 0 Å². The predicted molar refractivity (Wildman–Crippen MR) is 158 cm³/mol. The van der Waals surface area contributed by atoms with Crippen LogP contribution < -0.4 is 15.0 Å². The molecular formula is C31H30Cl2N4O3. The molecule has 4 aromatic rings. The highest BCUT2D eigenvalue weighted by molar-refractivity contribution is 6.31. The summed E-state index contributed by atoms with van der Waals surface area (Å²) in [6.45, 7) is 8.49. The van der Waals surface area contributed by atoms with Gasteiger partial charge in [0.05, 0.1) is 18.8 Å². The standard InChI is InChI=1S/C31H30Cl2N4O3/c1-17(2)29-27-28(35-37(29)25-13-20(15-34-16-38)7-11-26(25)40-5)31(39)36(24-14-22(33)8-6-18(24)3)30(27)23-10-9-21(32)12-19(23)4/h6-14,16-17,30H,15H2,1-5H3,(H,34,38). The SMILES string of the molecule is COc1ccc(CNC=O)cc1-n1nc2c(c1C(C)C)C(c1ccc(Cl)cc1C)N(c1cc(Cl)ccc1C)C2=O. The maximum Gasteiger partial charge on any atom is 0.280 e. The average molecular weight is 578 g/mol. The first-order valence-electron chi connectivity index (χ1n) is 13.0. The van der Waals surface area contributed by atoms with Crippen molar-refractivity contribution in [3.63, 3.8) is 0 Å². The molecule has 0 saturated carbocycles. The van der Waals surface area contributed by atoms with E-state index in [0.717, 1.165) is 39.2 Å². The van der Waals surface area contributed by atoms with Crippen LogP contribution in [0.15, 0.2) is 54.6 Å². The van der Waals surface area contributed by atoms with Gasteiger partial charge in [0, 0.05) is 27.8 Å². The third-order valence-corrected chi connectivity index (χ3v) is 7.75. The van der Waals surface area contributed by atoms with Crippen LogP contribution in [0.1, 0.15) is 69.8 Å². The zero-order valence-electron chi connectivity index (χ0n) is 23.0. The molecule has 7 nitrogen and oxygen atoms in total. The van der Waals surface area contributed by atoms with Gasteiger partial charge in [-0.25, -0.2) is 4.68 Å². The van der Waals surface area contributed by atoms with Crippen LogP contribution in [0.3, 0.4) is 0 Å². The Hall–Kier alpha value is -3.81. The van der Waals surface area contributed by atoms with Gasteiger partial charge in [-0.05, 0) is 78.4 Å². The molecule has 0 bridgehead atoms. The summed E-state index contributed by atoms with van der Waals surface area (Å²) in [5.41, 5.74) is 7.24. The number of anilines is 1. The largest absolute Gasteiger partial charge is 0.494 e. The van der Waals surface area contributed by atoms with E-state index in [-0.39, 0.29) is 11.8 Å². The van der Waals surface area contributed by atoms with E-state index < -0.39 is 6.04 Å². The second-order valence-corrected chi connectivity index (χ2v) is 11.1. The number of halogens is 2. The van der Waals surface area contributed by atoms with E-state index in [1.807, 2.05) is 73.1 Å². The molecular weight excluding hydrogens is 547 g/mol. The topological polar surface area (TPSA) is 76.5 Å². The summed E-state index contributed by atoms with van der Waals surface area (Å²) in [5, 5.41) is 8.82. The van der Waals surface area contributed by atoms with Gasteiger partial charge in [-0.2, -0.15) is 5.10 Å². The van der Waals surface area contributed by atoms with E-state index in [9.17, 15) is 9.59 Å². The van der Waals surface area contributed by atoms with E-state index in [1.54, 1.807) is 12.0 Å². The Labute approximate surface area is 243 Å². The summed E-state index contributed by atoms with van der Waals surface area (Å²) in [6, 6.07) is 16.5. The smallest absolute Gasteiger partial charge is 0.280 e. The van der Waals surface area contributed by atoms with Gasteiger partial charge in [0.15, 0.2) is 5.69 Å². The zero-order valence-corrected chi connectivity index (χ0v) is 24.5. The predicted octanol–water partition coefficient (Wildman–Crippen LogP) is 6.92. The fourth-order valence-electron chi connectivity index (χ4n) is 5.47. The summed E-state index contributed by atoms with van der Waals surface area (Å²) in [4.78, 5) is 27.0. The molecule has 206 valence electrons. The first-order chi connectivity index (χ1) is 19.2. The molecule has 0 aliphatic carbocycles. The van der Waals surface area contributed by atoms with Gasteiger partial charge in [-0.15, -0.1) is 0 Å². The Morgan fingerprint density at radius 3 is 2.40 bits per heavy atom. The molecule has 1 aliphatic rings. The number of nitrogens with one attached hydrogen (secondary N) is 1. The Kier molecular flexibility index (Phi) is 7.62. The van der Waals surface area contributed by atoms with E-state index in [4.69, 9.17) is 33.0 Å². The van der Waals surface area contributed by atoms with Crippen molar-refractivity contribution in [2.45, 2.75) is 46.2 Å². The van der Waals surface area contributed by atoms with Gasteiger partial charge in [0.2, 0.25) is 6.41 Å². The lowest BCUT2D eigenvalue weighted by molar-refractivity contribution is -0.109. The van der Waals surface area contributed by atoms with Crippen molar-refractivity contribution in [3.8, 4) is 11.4 Å². The highest BCUT2D eigenvalue weighted by atomic mass is 35.5. The first-order valence-corrected chi connectivity index (χ1v) is 13.7. The Bertz CT molecular complexity index is 1630. The molecule has 0 spiro atoms. The summed E-state index contributed by atoms with van der Waals surface area (Å²) >= 11 is 12.8. The number of nitrogens with zero attached hydrogens (tertiary/aromatic N) is 3. The zero-order chi connectivity index (χ0) is 28.7. The van der Waals surface area contributed by atoms with Crippen LogP contribution in [0.25, 0.3) is 5.69 Å². The number of methoxy groups -OCH3 is 1. The monoisotopic (exact) mass is 576 g/mol. The second-order valence-electron chi connectivity index (χ2n) is 10.2. The molecule has 0 fully saturated rings. The molecule has 9 heteroatoms. The minimum Gasteiger partial charge on any atom is -0.494 e. The lowest BCUT2D eigenvalue weighted by Gasteiger charge is -2.30. The molecule has 1 aromatic heterocycles. The normalized spacial score (nSPS) is 14.6. The number of hydrogen-bond donors (Lipinski definition) is 1. The first kappa shape index (κ1) is 27.7. The number of amides is 2. The Morgan fingerprint density at radius 1 is 1.00 bits per heavy atom. The number of rotatable bonds is 8. The van der Waals surface area contributed by atoms with E-state index in [0.29, 0.717) is 40.1 Å². The molecule has 1 N–H and O–H groups in total. The number of carbonyl (C=O) groups is 2. The van der Waals surface area contributed by atoms with Crippen molar-refractivity contribution in [1.29, 1.82) is 0 Å². The number of carbonyl (C=O) groups excluding carboxylic acids is 2. The van der Waals surface area contributed by atoms with Crippen molar-refractivity contribution in [2.75, 3.05) is 12.0 Å². The number of aryl methyl sites for hydroxylation is 2. The minimum absolute atomic E-state index is 0.000951. The highest BCUT2D eigenvalue weighted by Gasteiger charge is 2.46. The molecule has 1 aliphatic heterocycles. The van der Waals surface area contributed by atoms with Crippen LogP contribution in [0.4, 0.5) is 5.69 Å². The van der Waals surface area contributed by atoms with Crippen molar-refractivity contribution in [1.82, 2.24) is 15.1 Å². The number of ether oxygens (including phenoxy) is 1. The Balaban J connectivity index is 1.80. The van der Waals surface area contributed by atoms with Crippen molar-refractivity contribution >= 4 is 41.2 Å². The fourth-order valence-corrected chi connectivity index (χ4v) is 5.86. The van der Waals surface area contributed by atoms with Crippen LogP contribution in [-0.4, -0.2) is 29.2 Å². The van der Waals surface area contributed by atoms with Crippen LogP contribution in [-0.2, 0) is 11.3 Å². The van der Waals surface area contributed by atoms with Crippen LogP contribution in [0, 0.1) is 13.8 Å². The molecule has 40 heavy (non-hydrogen) atoms. The molecule has 0 radical (unpaired) electrons. The third-order valence-electron chi connectivity index (χ3n) is 7.28. The maximum absolute atomic E-state index is 14.3. The number of benzene rings is 3. The van der Waals surface area contributed by atoms with E-state index in [1.165, 1.54) is 0 Å². The van der Waals surface area contributed by atoms with Gasteiger partial charge in [0.25, 0.3) is 5.91 Å². The van der Waals surface area contributed by atoms with Gasteiger partial charge in [0.1, 0.15) is 11.4 Å². The number of fused-ring (bicyclic) bond motifs is 1. The number of aromatic nitrogens is 2. The molecule has 1 unspecified atom stereocenters. The van der Waals surface area contributed by atoms with Crippen LogP contribution in [0.2, 0.25) is 10.0 Å². The lowest BCUT2D eigenvalue weighted by atomic mass is 9.91. The molecule has 2 heterocycles. The van der Waals surface area contributed by atoms with Crippen LogP contribution >= 0.6 is 23.2 Å². The highest BCUT2D eigenvalue weighted by Crippen LogP contribution is 2.48. The summed E-state index contributed by atoms with van der Waals surface area (Å²) in [5.74, 6) is 0.395. The van der Waals surface area contributed by atoms with Gasteiger partial charge in [-0.1, -0.05) is 55.2 Å². The quantitative estimate of drug-likeness (QED) is 0.231. The van der Waals surface area contributed by atoms with Crippen molar-refractivity contribution in [3.05, 3.63) is 104 Å². The molecule has 0 saturated heterocycles. The van der Waals surface area contributed by atoms with Crippen molar-refractivity contribution < 1.29 is 14.3 Å². The average Bonchev–Trinajstić information content (AvgIpc) is 3.44. The number of hydrogen-bond acceptors (Lipinski definition) is 4. The van der Waals surface area contributed by atoms with Gasteiger partial charge in [-0.3, -0.25) is 14.5 Å². The third kappa shape index (κ3) is 4.73. The molecule has 5 rings (SSSR count). The summed E-state index contributed by atoms with van der Waals surface area (Å²) < 4.78 is 7.53. The fraction of sp³-hybridized carbons (Fsp3) is 0.258. The van der Waals surface area contributed by atoms with Gasteiger partial charge >= 0.3 is 0 Å². The second kappa shape index (κ2) is 11.0. The minimum atomic E-state index is -0.450. The maximum atomic E-state index is 14.3. The molecule has 2 amide bonds. The molecule has 3 aromatic carbocycles. The van der Waals surface area contributed by atoms with Crippen LogP contribution in [0.5, 0.6) is 5.75 Å². The molecule has 1 atom stereocenters. The Morgan fingerprint density at radius 2 is 1.73 bits per heavy atom. The lowest BCUT2D eigenvalue weighted by Crippen LogP contribution is -2.31. The van der Waals surface area contributed by atoms with Gasteiger partial charge < -0.3 is 10.1 Å². The van der Waals surface area contributed by atoms with Crippen molar-refractivity contribution in [2.24, 2.45) is 0 Å².